The van der Waals surface area contributed by atoms with Crippen molar-refractivity contribution in [3.8, 4) is 0 Å². The van der Waals surface area contributed by atoms with E-state index in [4.69, 9.17) is 16.0 Å². The molecule has 0 fully saturated rings. The number of hydrogen-bond acceptors (Lipinski definition) is 3. The van der Waals surface area contributed by atoms with E-state index < -0.39 is 5.60 Å². The Bertz CT molecular complexity index is 661. The fourth-order valence-electron chi connectivity index (χ4n) is 2.31. The van der Waals surface area contributed by atoms with Crippen molar-refractivity contribution in [1.82, 2.24) is 5.32 Å². The summed E-state index contributed by atoms with van der Waals surface area (Å²) < 4.78 is 5.43. The number of aliphatic hydroxyl groups is 1. The lowest BCUT2D eigenvalue weighted by atomic mass is 9.99. The normalized spacial score (nSPS) is 15.0. The Morgan fingerprint density at radius 1 is 1.30 bits per heavy atom. The van der Waals surface area contributed by atoms with E-state index in [1.54, 1.807) is 19.1 Å². The van der Waals surface area contributed by atoms with E-state index >= 15 is 0 Å². The van der Waals surface area contributed by atoms with E-state index in [-0.39, 0.29) is 18.4 Å². The molecule has 1 heterocycles. The van der Waals surface area contributed by atoms with Crippen molar-refractivity contribution in [1.29, 1.82) is 0 Å². The highest BCUT2D eigenvalue weighted by atomic mass is 35.5. The van der Waals surface area contributed by atoms with E-state index in [1.165, 1.54) is 0 Å². The van der Waals surface area contributed by atoms with Crippen LogP contribution in [-0.2, 0) is 16.8 Å². The number of rotatable bonds is 6. The molecule has 0 saturated heterocycles. The third-order valence-corrected chi connectivity index (χ3v) is 4.03. The maximum absolute atomic E-state index is 12.2. The number of nitrogens with one attached hydrogen (secondary N) is 1. The standard InChI is InChI=1S/C18H22ClNO3/c1-12(10-14-5-7-15(19)8-6-14)17(21)20-11-18(3,22)16-9-4-13(2)23-16/h4-9,12,22H,10-11H2,1-3H3,(H,20,21). The van der Waals surface area contributed by atoms with Crippen LogP contribution in [0.3, 0.4) is 0 Å². The predicted octanol–water partition coefficient (Wildman–Crippen LogP) is 3.44. The molecule has 1 aromatic heterocycles. The van der Waals surface area contributed by atoms with Crippen molar-refractivity contribution in [2.45, 2.75) is 32.8 Å². The molecule has 23 heavy (non-hydrogen) atoms. The first kappa shape index (κ1) is 17.6. The second-order valence-corrected chi connectivity index (χ2v) is 6.57. The van der Waals surface area contributed by atoms with Crippen LogP contribution in [0.15, 0.2) is 40.8 Å². The molecule has 1 amide bonds. The molecule has 0 bridgehead atoms. The number of carbonyl (C=O) groups is 1. The molecule has 2 rings (SSSR count). The number of carbonyl (C=O) groups excluding carboxylic acids is 1. The molecule has 2 N–H and O–H groups in total. The molecule has 0 aliphatic carbocycles. The highest BCUT2D eigenvalue weighted by molar-refractivity contribution is 6.30. The number of furan rings is 1. The maximum Gasteiger partial charge on any atom is 0.223 e. The van der Waals surface area contributed by atoms with Gasteiger partial charge in [0, 0.05) is 10.9 Å². The largest absolute Gasteiger partial charge is 0.463 e. The van der Waals surface area contributed by atoms with Crippen molar-refractivity contribution in [3.63, 3.8) is 0 Å². The number of hydrogen-bond donors (Lipinski definition) is 2. The minimum Gasteiger partial charge on any atom is -0.463 e. The summed E-state index contributed by atoms with van der Waals surface area (Å²) in [6.07, 6.45) is 0.616. The van der Waals surface area contributed by atoms with Crippen LogP contribution in [0.5, 0.6) is 0 Å². The first-order chi connectivity index (χ1) is 10.8. The molecule has 2 aromatic rings. The Hall–Kier alpha value is -1.78. The van der Waals surface area contributed by atoms with Gasteiger partial charge in [0.05, 0.1) is 6.54 Å². The van der Waals surface area contributed by atoms with Crippen molar-refractivity contribution < 1.29 is 14.3 Å². The summed E-state index contributed by atoms with van der Waals surface area (Å²) in [7, 11) is 0. The minimum atomic E-state index is -1.23. The Kier molecular flexibility index (Phi) is 5.50. The second-order valence-electron chi connectivity index (χ2n) is 6.13. The van der Waals surface area contributed by atoms with Crippen molar-refractivity contribution >= 4 is 17.5 Å². The summed E-state index contributed by atoms with van der Waals surface area (Å²) in [5, 5.41) is 13.9. The Labute approximate surface area is 141 Å². The van der Waals surface area contributed by atoms with Crippen molar-refractivity contribution in [3.05, 3.63) is 58.5 Å². The summed E-state index contributed by atoms with van der Waals surface area (Å²) in [6.45, 7) is 5.39. The van der Waals surface area contributed by atoms with E-state index in [2.05, 4.69) is 5.32 Å². The molecule has 0 aliphatic heterocycles. The molecular weight excluding hydrogens is 314 g/mol. The van der Waals surface area contributed by atoms with Crippen LogP contribution in [0.2, 0.25) is 5.02 Å². The average molecular weight is 336 g/mol. The molecule has 0 saturated carbocycles. The van der Waals surface area contributed by atoms with E-state index in [0.717, 1.165) is 11.3 Å². The van der Waals surface area contributed by atoms with Gasteiger partial charge in [-0.15, -0.1) is 0 Å². The molecule has 5 heteroatoms. The molecule has 124 valence electrons. The van der Waals surface area contributed by atoms with E-state index in [0.29, 0.717) is 17.2 Å². The number of halogens is 1. The van der Waals surface area contributed by atoms with Crippen molar-refractivity contribution in [2.75, 3.05) is 6.54 Å². The third kappa shape index (κ3) is 4.85. The lowest BCUT2D eigenvalue weighted by Crippen LogP contribution is -2.40. The van der Waals surface area contributed by atoms with E-state index in [9.17, 15) is 9.90 Å². The van der Waals surface area contributed by atoms with Crippen LogP contribution in [0.25, 0.3) is 0 Å². The Balaban J connectivity index is 1.89. The molecule has 0 aliphatic rings. The van der Waals surface area contributed by atoms with Gasteiger partial charge >= 0.3 is 0 Å². The van der Waals surface area contributed by atoms with Gasteiger partial charge in [-0.25, -0.2) is 0 Å². The first-order valence-electron chi connectivity index (χ1n) is 7.59. The van der Waals surface area contributed by atoms with Crippen LogP contribution < -0.4 is 5.32 Å². The summed E-state index contributed by atoms with van der Waals surface area (Å²) in [5.41, 5.74) is -0.185. The summed E-state index contributed by atoms with van der Waals surface area (Å²) in [4.78, 5) is 12.2. The van der Waals surface area contributed by atoms with Crippen LogP contribution >= 0.6 is 11.6 Å². The van der Waals surface area contributed by atoms with E-state index in [1.807, 2.05) is 38.1 Å². The molecule has 2 atom stereocenters. The Morgan fingerprint density at radius 3 is 2.52 bits per heavy atom. The van der Waals surface area contributed by atoms with Gasteiger partial charge < -0.3 is 14.8 Å². The van der Waals surface area contributed by atoms with Crippen molar-refractivity contribution in [2.24, 2.45) is 5.92 Å². The van der Waals surface area contributed by atoms with Gasteiger partial charge in [0.2, 0.25) is 5.91 Å². The average Bonchev–Trinajstić information content (AvgIpc) is 2.94. The minimum absolute atomic E-state index is 0.101. The highest BCUT2D eigenvalue weighted by Gasteiger charge is 2.28. The number of amides is 1. The van der Waals surface area contributed by atoms with Gasteiger partial charge in [-0.1, -0.05) is 30.7 Å². The van der Waals surface area contributed by atoms with Gasteiger partial charge in [0.25, 0.3) is 0 Å². The molecular formula is C18H22ClNO3. The predicted molar refractivity (Wildman–Crippen MR) is 90.3 cm³/mol. The van der Waals surface area contributed by atoms with Crippen LogP contribution in [0.1, 0.15) is 30.9 Å². The van der Waals surface area contributed by atoms with Crippen LogP contribution in [0, 0.1) is 12.8 Å². The zero-order valence-corrected chi connectivity index (χ0v) is 14.4. The quantitative estimate of drug-likeness (QED) is 0.850. The zero-order valence-electron chi connectivity index (χ0n) is 13.6. The molecule has 0 radical (unpaired) electrons. The second kappa shape index (κ2) is 7.20. The van der Waals surface area contributed by atoms with Gasteiger partial charge in [-0.3, -0.25) is 4.79 Å². The molecule has 2 unspecified atom stereocenters. The van der Waals surface area contributed by atoms with Crippen LogP contribution in [-0.4, -0.2) is 17.6 Å². The summed E-state index contributed by atoms with van der Waals surface area (Å²) in [6, 6.07) is 11.0. The van der Waals surface area contributed by atoms with Crippen LogP contribution in [0.4, 0.5) is 0 Å². The smallest absolute Gasteiger partial charge is 0.223 e. The van der Waals surface area contributed by atoms with Gasteiger partial charge in [0.15, 0.2) is 0 Å². The maximum atomic E-state index is 12.2. The molecule has 1 aromatic carbocycles. The Morgan fingerprint density at radius 2 is 1.96 bits per heavy atom. The highest BCUT2D eigenvalue weighted by Crippen LogP contribution is 2.22. The first-order valence-corrected chi connectivity index (χ1v) is 7.97. The molecule has 0 spiro atoms. The SMILES string of the molecule is Cc1ccc(C(C)(O)CNC(=O)C(C)Cc2ccc(Cl)cc2)o1. The van der Waals surface area contributed by atoms with Gasteiger partial charge in [-0.05, 0) is 50.1 Å². The summed E-state index contributed by atoms with van der Waals surface area (Å²) in [5.74, 6) is 0.858. The van der Waals surface area contributed by atoms with Gasteiger partial charge in [0.1, 0.15) is 17.1 Å². The summed E-state index contributed by atoms with van der Waals surface area (Å²) >= 11 is 5.85. The third-order valence-electron chi connectivity index (χ3n) is 3.78. The molecule has 4 nitrogen and oxygen atoms in total. The number of aryl methyl sites for hydroxylation is 1. The topological polar surface area (TPSA) is 62.5 Å². The fraction of sp³-hybridized carbons (Fsp3) is 0.389. The lowest BCUT2D eigenvalue weighted by molar-refractivity contribution is -0.125. The zero-order chi connectivity index (χ0) is 17.0. The lowest BCUT2D eigenvalue weighted by Gasteiger charge is -2.22. The fourth-order valence-corrected chi connectivity index (χ4v) is 2.44. The number of benzene rings is 1. The monoisotopic (exact) mass is 335 g/mol. The van der Waals surface area contributed by atoms with Gasteiger partial charge in [-0.2, -0.15) is 0 Å².